The third-order valence-electron chi connectivity index (χ3n) is 2.48. The van der Waals surface area contributed by atoms with Crippen molar-refractivity contribution in [3.8, 4) is 0 Å². The summed E-state index contributed by atoms with van der Waals surface area (Å²) in [6.45, 7) is 0. The normalized spacial score (nSPS) is 11.7. The van der Waals surface area contributed by atoms with Gasteiger partial charge in [-0.2, -0.15) is 11.8 Å². The highest BCUT2D eigenvalue weighted by Gasteiger charge is 2.20. The van der Waals surface area contributed by atoms with E-state index in [1.54, 1.807) is 18.8 Å². The summed E-state index contributed by atoms with van der Waals surface area (Å²) in [5.41, 5.74) is 0.786. The molecule has 0 aromatic heterocycles. The zero-order valence-corrected chi connectivity index (χ0v) is 11.4. The van der Waals surface area contributed by atoms with Crippen molar-refractivity contribution < 1.29 is 9.59 Å². The van der Waals surface area contributed by atoms with Crippen LogP contribution < -0.4 is 10.6 Å². The van der Waals surface area contributed by atoms with Gasteiger partial charge in [-0.1, -0.05) is 30.3 Å². The number of nitrogens with one attached hydrogen (secondary N) is 2. The highest BCUT2D eigenvalue weighted by atomic mass is 32.2. The smallest absolute Gasteiger partial charge is 0.246 e. The molecule has 18 heavy (non-hydrogen) atoms. The zero-order chi connectivity index (χ0) is 13.4. The Morgan fingerprint density at radius 3 is 2.50 bits per heavy atom. The van der Waals surface area contributed by atoms with Crippen molar-refractivity contribution >= 4 is 23.6 Å². The van der Waals surface area contributed by atoms with Gasteiger partial charge in [-0.15, -0.1) is 0 Å². The molecule has 0 radical (unpaired) electrons. The van der Waals surface area contributed by atoms with E-state index in [2.05, 4.69) is 10.6 Å². The largest absolute Gasteiger partial charge is 0.357 e. The molecule has 0 heterocycles. The number of rotatable bonds is 6. The Balaban J connectivity index is 2.74. The third kappa shape index (κ3) is 4.41. The lowest BCUT2D eigenvalue weighted by Crippen LogP contribution is -2.39. The first-order valence-electron chi connectivity index (χ1n) is 5.74. The van der Waals surface area contributed by atoms with Gasteiger partial charge in [-0.05, 0) is 11.8 Å². The minimum absolute atomic E-state index is 0.109. The lowest BCUT2D eigenvalue weighted by Gasteiger charge is -2.17. The Hall–Kier alpha value is -1.49. The van der Waals surface area contributed by atoms with Gasteiger partial charge in [-0.25, -0.2) is 0 Å². The molecule has 0 aliphatic heterocycles. The van der Waals surface area contributed by atoms with Crippen LogP contribution in [0, 0.1) is 0 Å². The number of carbonyl (C=O) groups is 2. The van der Waals surface area contributed by atoms with Crippen LogP contribution in [0.1, 0.15) is 18.0 Å². The van der Waals surface area contributed by atoms with Gasteiger partial charge in [0.2, 0.25) is 11.8 Å². The molecule has 0 spiro atoms. The van der Waals surface area contributed by atoms with Crippen LogP contribution in [0.25, 0.3) is 0 Å². The summed E-state index contributed by atoms with van der Waals surface area (Å²) < 4.78 is 0. The number of thioether (sulfide) groups is 1. The molecule has 0 aliphatic carbocycles. The molecule has 4 nitrogen and oxygen atoms in total. The molecule has 2 N–H and O–H groups in total. The quantitative estimate of drug-likeness (QED) is 0.817. The van der Waals surface area contributed by atoms with E-state index in [9.17, 15) is 9.59 Å². The van der Waals surface area contributed by atoms with Crippen LogP contribution in [0.2, 0.25) is 0 Å². The first kappa shape index (κ1) is 14.6. The maximum atomic E-state index is 11.8. The van der Waals surface area contributed by atoms with E-state index in [1.165, 1.54) is 0 Å². The maximum Gasteiger partial charge on any atom is 0.246 e. The maximum absolute atomic E-state index is 11.8. The molecule has 1 aromatic rings. The Labute approximate surface area is 112 Å². The molecular formula is C13H18N2O2S. The Kier molecular flexibility index (Phi) is 6.28. The fourth-order valence-corrected chi connectivity index (χ4v) is 1.91. The van der Waals surface area contributed by atoms with Crippen LogP contribution in [-0.4, -0.2) is 30.9 Å². The molecular weight excluding hydrogens is 248 g/mol. The average molecular weight is 266 g/mol. The van der Waals surface area contributed by atoms with Gasteiger partial charge < -0.3 is 10.6 Å². The van der Waals surface area contributed by atoms with E-state index in [1.807, 2.05) is 36.6 Å². The molecule has 0 aliphatic rings. The minimum Gasteiger partial charge on any atom is -0.357 e. The zero-order valence-electron chi connectivity index (χ0n) is 10.6. The van der Waals surface area contributed by atoms with Gasteiger partial charge in [0.15, 0.2) is 0 Å². The summed E-state index contributed by atoms with van der Waals surface area (Å²) >= 11 is 1.61. The number of likely N-dealkylation sites (N-methyl/N-ethyl adjacent to an activating group) is 1. The van der Waals surface area contributed by atoms with E-state index in [0.29, 0.717) is 6.42 Å². The SMILES string of the molecule is CNC(=O)[C@@H](NC(=O)CCSC)c1ccccc1. The van der Waals surface area contributed by atoms with Crippen LogP contribution in [0.3, 0.4) is 0 Å². The number of hydrogen-bond donors (Lipinski definition) is 2. The van der Waals surface area contributed by atoms with Crippen molar-refractivity contribution in [1.29, 1.82) is 0 Å². The van der Waals surface area contributed by atoms with Crippen LogP contribution in [0.4, 0.5) is 0 Å². The molecule has 1 atom stereocenters. The number of carbonyl (C=O) groups excluding carboxylic acids is 2. The summed E-state index contributed by atoms with van der Waals surface area (Å²) in [6.07, 6.45) is 2.36. The predicted molar refractivity (Wildman–Crippen MR) is 74.4 cm³/mol. The number of amides is 2. The van der Waals surface area contributed by atoms with Gasteiger partial charge in [0.25, 0.3) is 0 Å². The standard InChI is InChI=1S/C13H18N2O2S/c1-14-13(17)12(10-6-4-3-5-7-10)15-11(16)8-9-18-2/h3-7,12H,8-9H2,1-2H3,(H,14,17)(H,15,16)/t12-/m0/s1. The molecule has 0 fully saturated rings. The molecule has 5 heteroatoms. The van der Waals surface area contributed by atoms with Crippen molar-refractivity contribution in [2.45, 2.75) is 12.5 Å². The molecule has 1 rings (SSSR count). The van der Waals surface area contributed by atoms with Gasteiger partial charge in [0, 0.05) is 19.2 Å². The van der Waals surface area contributed by atoms with Crippen LogP contribution in [0.15, 0.2) is 30.3 Å². The summed E-state index contributed by atoms with van der Waals surface area (Å²) in [6, 6.07) is 8.60. The molecule has 2 amide bonds. The van der Waals surface area contributed by atoms with Gasteiger partial charge in [-0.3, -0.25) is 9.59 Å². The molecule has 98 valence electrons. The Morgan fingerprint density at radius 2 is 1.94 bits per heavy atom. The molecule has 0 saturated heterocycles. The number of benzene rings is 1. The van der Waals surface area contributed by atoms with Crippen molar-refractivity contribution in [3.63, 3.8) is 0 Å². The lowest BCUT2D eigenvalue weighted by molar-refractivity contribution is -0.128. The van der Waals surface area contributed by atoms with Gasteiger partial charge in [0.1, 0.15) is 6.04 Å². The van der Waals surface area contributed by atoms with Gasteiger partial charge >= 0.3 is 0 Å². The topological polar surface area (TPSA) is 58.2 Å². The minimum atomic E-state index is -0.620. The summed E-state index contributed by atoms with van der Waals surface area (Å²) in [4.78, 5) is 23.5. The average Bonchev–Trinajstić information content (AvgIpc) is 2.42. The fraction of sp³-hybridized carbons (Fsp3) is 0.385. The Morgan fingerprint density at radius 1 is 1.28 bits per heavy atom. The van der Waals surface area contributed by atoms with Crippen molar-refractivity contribution in [2.24, 2.45) is 0 Å². The van der Waals surface area contributed by atoms with E-state index >= 15 is 0 Å². The highest BCUT2D eigenvalue weighted by molar-refractivity contribution is 7.98. The second kappa shape index (κ2) is 7.76. The Bertz CT molecular complexity index is 395. The van der Waals surface area contributed by atoms with Crippen molar-refractivity contribution in [2.75, 3.05) is 19.1 Å². The third-order valence-corrected chi connectivity index (χ3v) is 3.09. The van der Waals surface area contributed by atoms with Crippen LogP contribution in [0.5, 0.6) is 0 Å². The van der Waals surface area contributed by atoms with Crippen molar-refractivity contribution in [3.05, 3.63) is 35.9 Å². The predicted octanol–water partition coefficient (Wildman–Crippen LogP) is 1.34. The van der Waals surface area contributed by atoms with E-state index in [4.69, 9.17) is 0 Å². The first-order chi connectivity index (χ1) is 8.69. The molecule has 0 bridgehead atoms. The van der Waals surface area contributed by atoms with Crippen LogP contribution in [-0.2, 0) is 9.59 Å². The monoisotopic (exact) mass is 266 g/mol. The first-order valence-corrected chi connectivity index (χ1v) is 7.13. The van der Waals surface area contributed by atoms with Crippen molar-refractivity contribution in [1.82, 2.24) is 10.6 Å². The van der Waals surface area contributed by atoms with E-state index in [-0.39, 0.29) is 11.8 Å². The molecule has 0 saturated carbocycles. The van der Waals surface area contributed by atoms with Gasteiger partial charge in [0.05, 0.1) is 0 Å². The summed E-state index contributed by atoms with van der Waals surface area (Å²) in [5.74, 6) is 0.432. The highest BCUT2D eigenvalue weighted by Crippen LogP contribution is 2.13. The molecule has 1 aromatic carbocycles. The number of hydrogen-bond acceptors (Lipinski definition) is 3. The summed E-state index contributed by atoms with van der Waals surface area (Å²) in [5, 5.41) is 5.32. The van der Waals surface area contributed by atoms with E-state index < -0.39 is 6.04 Å². The second-order valence-corrected chi connectivity index (χ2v) is 4.75. The lowest BCUT2D eigenvalue weighted by atomic mass is 10.1. The van der Waals surface area contributed by atoms with Crippen LogP contribution >= 0.6 is 11.8 Å². The van der Waals surface area contributed by atoms with E-state index in [0.717, 1.165) is 11.3 Å². The summed E-state index contributed by atoms with van der Waals surface area (Å²) in [7, 11) is 1.56. The second-order valence-electron chi connectivity index (χ2n) is 3.77. The molecule has 0 unspecified atom stereocenters. The fourth-order valence-electron chi connectivity index (χ4n) is 1.52.